The van der Waals surface area contributed by atoms with E-state index in [2.05, 4.69) is 21.2 Å². The maximum atomic E-state index is 12.3. The van der Waals surface area contributed by atoms with Crippen molar-refractivity contribution in [1.29, 1.82) is 0 Å². The minimum absolute atomic E-state index is 0.180. The SMILES string of the molecule is CC12Nc3ccc(Br)c(Cl)c3N(OS(=O)S(=O)O1)C2=O. The number of anilines is 2. The number of hydrogen-bond donors (Lipinski definition) is 1. The molecule has 2 bridgehead atoms. The molecule has 1 aromatic rings. The zero-order chi connectivity index (χ0) is 14.7. The van der Waals surface area contributed by atoms with Crippen LogP contribution in [0.25, 0.3) is 0 Å². The molecule has 3 unspecified atom stereocenters. The molecule has 1 amide bonds. The Bertz CT molecular complexity index is 687. The molecule has 1 aromatic carbocycles. The number of carbonyl (C=O) groups is 1. The van der Waals surface area contributed by atoms with E-state index in [-0.39, 0.29) is 10.7 Å². The molecule has 108 valence electrons. The average Bonchev–Trinajstić information content (AvgIpc) is 2.44. The third-order valence-electron chi connectivity index (χ3n) is 2.72. The highest BCUT2D eigenvalue weighted by molar-refractivity contribution is 9.10. The Balaban J connectivity index is 2.25. The number of benzene rings is 1. The Hall–Kier alpha value is -0.520. The van der Waals surface area contributed by atoms with Gasteiger partial charge in [-0.2, -0.15) is 5.06 Å². The van der Waals surface area contributed by atoms with Crippen molar-refractivity contribution in [3.05, 3.63) is 21.6 Å². The van der Waals surface area contributed by atoms with Crippen LogP contribution in [0.3, 0.4) is 0 Å². The summed E-state index contributed by atoms with van der Waals surface area (Å²) in [4.78, 5) is 12.3. The summed E-state index contributed by atoms with van der Waals surface area (Å²) in [7, 11) is -4.64. The lowest BCUT2D eigenvalue weighted by atomic mass is 10.1. The predicted octanol–water partition coefficient (Wildman–Crippen LogP) is 1.78. The van der Waals surface area contributed by atoms with Crippen LogP contribution in [0.4, 0.5) is 11.4 Å². The first-order chi connectivity index (χ1) is 9.33. The summed E-state index contributed by atoms with van der Waals surface area (Å²) < 4.78 is 33.7. The van der Waals surface area contributed by atoms with Crippen LogP contribution >= 0.6 is 27.5 Å². The minimum atomic E-state index is -2.34. The van der Waals surface area contributed by atoms with Crippen molar-refractivity contribution in [2.24, 2.45) is 0 Å². The van der Waals surface area contributed by atoms with E-state index < -0.39 is 31.9 Å². The number of nitrogens with zero attached hydrogens (tertiary/aromatic N) is 1. The van der Waals surface area contributed by atoms with Crippen molar-refractivity contribution >= 4 is 65.0 Å². The molecule has 1 saturated heterocycles. The van der Waals surface area contributed by atoms with Crippen LogP contribution in [-0.4, -0.2) is 20.0 Å². The molecule has 2 heterocycles. The molecular formula is C9H6BrClN2O5S2. The number of halogens is 2. The number of amides is 1. The van der Waals surface area contributed by atoms with Gasteiger partial charge in [-0.15, -0.1) is 4.28 Å². The zero-order valence-electron chi connectivity index (χ0n) is 9.72. The molecule has 2 aliphatic rings. The Morgan fingerprint density at radius 2 is 2.10 bits per heavy atom. The lowest BCUT2D eigenvalue weighted by Gasteiger charge is -2.36. The minimum Gasteiger partial charge on any atom is -0.347 e. The third kappa shape index (κ3) is 2.02. The van der Waals surface area contributed by atoms with Gasteiger partial charge in [0.05, 0.1) is 10.7 Å². The summed E-state index contributed by atoms with van der Waals surface area (Å²) in [6, 6.07) is 3.29. The monoisotopic (exact) mass is 400 g/mol. The molecule has 0 aromatic heterocycles. The van der Waals surface area contributed by atoms with Gasteiger partial charge in [-0.25, -0.2) is 12.6 Å². The van der Waals surface area contributed by atoms with E-state index in [1.807, 2.05) is 0 Å². The van der Waals surface area contributed by atoms with Crippen LogP contribution in [0.15, 0.2) is 16.6 Å². The number of fused-ring (bicyclic) bond motifs is 4. The van der Waals surface area contributed by atoms with E-state index in [0.29, 0.717) is 10.2 Å². The van der Waals surface area contributed by atoms with Gasteiger partial charge < -0.3 is 5.32 Å². The maximum Gasteiger partial charge on any atom is 0.306 e. The van der Waals surface area contributed by atoms with E-state index in [1.54, 1.807) is 12.1 Å². The van der Waals surface area contributed by atoms with Crippen molar-refractivity contribution in [3.63, 3.8) is 0 Å². The fourth-order valence-electron chi connectivity index (χ4n) is 1.82. The van der Waals surface area contributed by atoms with Gasteiger partial charge in [0.15, 0.2) is 0 Å². The van der Waals surface area contributed by atoms with Crippen LogP contribution < -0.4 is 10.4 Å². The summed E-state index contributed by atoms with van der Waals surface area (Å²) in [5.74, 6) is -0.704. The topological polar surface area (TPSA) is 84.9 Å². The second-order valence-corrected chi connectivity index (χ2v) is 8.08. The highest BCUT2D eigenvalue weighted by Crippen LogP contribution is 2.45. The fraction of sp³-hybridized carbons (Fsp3) is 0.222. The normalized spacial score (nSPS) is 32.4. The van der Waals surface area contributed by atoms with Crippen LogP contribution in [0.1, 0.15) is 6.92 Å². The molecule has 2 aliphatic heterocycles. The first-order valence-electron chi connectivity index (χ1n) is 5.16. The standard InChI is InChI=1S/C9H6BrClN2O5S2/c1-9-8(14)13(18-20(16)19(15)17-9)7-5(12-9)3-2-4(10)6(7)11/h2-3,12H,1H3. The van der Waals surface area contributed by atoms with Gasteiger partial charge in [-0.3, -0.25) is 4.79 Å². The van der Waals surface area contributed by atoms with Crippen LogP contribution in [0, 0.1) is 0 Å². The van der Waals surface area contributed by atoms with Gasteiger partial charge in [-0.05, 0) is 35.0 Å². The molecule has 0 saturated carbocycles. The zero-order valence-corrected chi connectivity index (χ0v) is 13.7. The number of nitrogens with one attached hydrogen (secondary N) is 1. The largest absolute Gasteiger partial charge is 0.347 e. The summed E-state index contributed by atoms with van der Waals surface area (Å²) in [5.41, 5.74) is -1.04. The second kappa shape index (κ2) is 4.75. The molecule has 3 rings (SSSR count). The Morgan fingerprint density at radius 1 is 1.40 bits per heavy atom. The Labute approximate surface area is 131 Å². The number of hydrogen-bond acceptors (Lipinski definition) is 6. The van der Waals surface area contributed by atoms with Crippen LogP contribution in [0.5, 0.6) is 0 Å². The molecule has 7 nitrogen and oxygen atoms in total. The molecule has 0 spiro atoms. The predicted molar refractivity (Wildman–Crippen MR) is 77.1 cm³/mol. The van der Waals surface area contributed by atoms with E-state index in [9.17, 15) is 13.2 Å². The van der Waals surface area contributed by atoms with Gasteiger partial charge in [0.25, 0.3) is 10.1 Å². The molecule has 1 fully saturated rings. The van der Waals surface area contributed by atoms with Gasteiger partial charge in [0.2, 0.25) is 5.72 Å². The van der Waals surface area contributed by atoms with Crippen molar-refractivity contribution in [2.75, 3.05) is 10.4 Å². The fourth-order valence-corrected chi connectivity index (χ4v) is 4.04. The number of hydroxylamine groups is 1. The average molecular weight is 402 g/mol. The molecule has 20 heavy (non-hydrogen) atoms. The van der Waals surface area contributed by atoms with Crippen LogP contribution in [-0.2, 0) is 33.5 Å². The van der Waals surface area contributed by atoms with Crippen molar-refractivity contribution in [1.82, 2.24) is 0 Å². The summed E-state index contributed by atoms with van der Waals surface area (Å²) >= 11 is 9.35. The van der Waals surface area contributed by atoms with Gasteiger partial charge >= 0.3 is 16.0 Å². The molecule has 11 heteroatoms. The Kier molecular flexibility index (Phi) is 3.42. The number of carbonyl (C=O) groups excluding carboxylic acids is 1. The lowest BCUT2D eigenvalue weighted by molar-refractivity contribution is -0.134. The highest BCUT2D eigenvalue weighted by atomic mass is 79.9. The third-order valence-corrected chi connectivity index (χ3v) is 6.01. The number of rotatable bonds is 0. The van der Waals surface area contributed by atoms with Gasteiger partial charge in [-0.1, -0.05) is 11.6 Å². The first kappa shape index (κ1) is 14.4. The summed E-state index contributed by atoms with van der Waals surface area (Å²) in [6.07, 6.45) is 0. The molecule has 0 aliphatic carbocycles. The van der Waals surface area contributed by atoms with Crippen molar-refractivity contribution in [2.45, 2.75) is 12.6 Å². The maximum absolute atomic E-state index is 12.3. The van der Waals surface area contributed by atoms with Crippen LogP contribution in [0.2, 0.25) is 5.02 Å². The lowest BCUT2D eigenvalue weighted by Crippen LogP contribution is -2.55. The summed E-state index contributed by atoms with van der Waals surface area (Å²) in [6.45, 7) is 1.37. The molecule has 1 N–H and O–H groups in total. The van der Waals surface area contributed by atoms with E-state index in [1.165, 1.54) is 6.92 Å². The van der Waals surface area contributed by atoms with Crippen molar-refractivity contribution < 1.29 is 21.7 Å². The molecule has 0 radical (unpaired) electrons. The molecular weight excluding hydrogens is 396 g/mol. The second-order valence-electron chi connectivity index (χ2n) is 4.08. The van der Waals surface area contributed by atoms with E-state index in [0.717, 1.165) is 5.06 Å². The quantitative estimate of drug-likeness (QED) is 0.667. The van der Waals surface area contributed by atoms with Gasteiger partial charge in [0, 0.05) is 4.47 Å². The van der Waals surface area contributed by atoms with E-state index >= 15 is 0 Å². The van der Waals surface area contributed by atoms with Crippen molar-refractivity contribution in [3.8, 4) is 0 Å². The smallest absolute Gasteiger partial charge is 0.306 e. The first-order valence-corrected chi connectivity index (χ1v) is 9.00. The Morgan fingerprint density at radius 3 is 2.80 bits per heavy atom. The summed E-state index contributed by atoms with van der Waals surface area (Å²) in [5, 5.41) is 3.73. The highest BCUT2D eigenvalue weighted by Gasteiger charge is 2.51. The van der Waals surface area contributed by atoms with E-state index in [4.69, 9.17) is 20.1 Å². The van der Waals surface area contributed by atoms with Gasteiger partial charge in [0.1, 0.15) is 5.69 Å². The molecule has 3 atom stereocenters.